The summed E-state index contributed by atoms with van der Waals surface area (Å²) < 4.78 is 0. The molecule has 2 bridgehead atoms. The first kappa shape index (κ1) is 10.7. The maximum absolute atomic E-state index is 10.9. The SMILES string of the molecule is C=C(CCC(C)=O)N1CC2CCC1CC2. The van der Waals surface area contributed by atoms with E-state index in [1.807, 2.05) is 0 Å². The van der Waals surface area contributed by atoms with Crippen molar-refractivity contribution in [1.29, 1.82) is 0 Å². The molecule has 0 amide bonds. The van der Waals surface area contributed by atoms with Gasteiger partial charge in [-0.25, -0.2) is 0 Å². The summed E-state index contributed by atoms with van der Waals surface area (Å²) in [4.78, 5) is 13.4. The lowest BCUT2D eigenvalue weighted by Gasteiger charge is -2.47. The number of carbonyl (C=O) groups is 1. The third-order valence-electron chi connectivity index (χ3n) is 3.88. The van der Waals surface area contributed by atoms with Crippen molar-refractivity contribution < 1.29 is 4.79 Å². The van der Waals surface area contributed by atoms with Crippen LogP contribution in [0.2, 0.25) is 0 Å². The molecule has 0 radical (unpaired) electrons. The van der Waals surface area contributed by atoms with Crippen LogP contribution in [-0.4, -0.2) is 23.3 Å². The van der Waals surface area contributed by atoms with Gasteiger partial charge in [0.2, 0.25) is 0 Å². The zero-order valence-corrected chi connectivity index (χ0v) is 9.67. The zero-order valence-electron chi connectivity index (χ0n) is 9.67. The minimum absolute atomic E-state index is 0.276. The van der Waals surface area contributed by atoms with Gasteiger partial charge in [-0.05, 0) is 44.9 Å². The highest BCUT2D eigenvalue weighted by Crippen LogP contribution is 2.37. The first-order chi connectivity index (χ1) is 7.16. The number of rotatable bonds is 4. The number of ketones is 1. The summed E-state index contributed by atoms with van der Waals surface area (Å²) in [6.45, 7) is 7.00. The highest BCUT2D eigenvalue weighted by atomic mass is 16.1. The molecule has 0 unspecified atom stereocenters. The van der Waals surface area contributed by atoms with Crippen molar-refractivity contribution >= 4 is 5.78 Å². The fourth-order valence-electron chi connectivity index (χ4n) is 2.92. The van der Waals surface area contributed by atoms with E-state index < -0.39 is 0 Å². The van der Waals surface area contributed by atoms with Gasteiger partial charge in [-0.15, -0.1) is 0 Å². The van der Waals surface area contributed by atoms with E-state index in [4.69, 9.17) is 0 Å². The Balaban J connectivity index is 1.87. The van der Waals surface area contributed by atoms with Gasteiger partial charge in [0.05, 0.1) is 0 Å². The van der Waals surface area contributed by atoms with Crippen molar-refractivity contribution in [3.8, 4) is 0 Å². The number of fused-ring (bicyclic) bond motifs is 3. The van der Waals surface area contributed by atoms with Crippen molar-refractivity contribution in [1.82, 2.24) is 4.90 Å². The Morgan fingerprint density at radius 3 is 2.40 bits per heavy atom. The second kappa shape index (κ2) is 4.38. The zero-order chi connectivity index (χ0) is 10.8. The molecule has 3 aliphatic rings. The summed E-state index contributed by atoms with van der Waals surface area (Å²) >= 11 is 0. The van der Waals surface area contributed by atoms with Crippen LogP contribution in [0.4, 0.5) is 0 Å². The third-order valence-corrected chi connectivity index (χ3v) is 3.88. The van der Waals surface area contributed by atoms with Crippen molar-refractivity contribution in [2.24, 2.45) is 5.92 Å². The monoisotopic (exact) mass is 207 g/mol. The van der Waals surface area contributed by atoms with Crippen LogP contribution in [0.15, 0.2) is 12.3 Å². The third kappa shape index (κ3) is 2.42. The van der Waals surface area contributed by atoms with Crippen molar-refractivity contribution in [3.05, 3.63) is 12.3 Å². The van der Waals surface area contributed by atoms with Crippen LogP contribution in [0.1, 0.15) is 45.4 Å². The van der Waals surface area contributed by atoms with E-state index in [-0.39, 0.29) is 5.78 Å². The summed E-state index contributed by atoms with van der Waals surface area (Å²) in [5, 5.41) is 0. The number of carbonyl (C=O) groups excluding carboxylic acids is 1. The second-order valence-corrected chi connectivity index (χ2v) is 5.10. The van der Waals surface area contributed by atoms with Gasteiger partial charge in [0.1, 0.15) is 5.78 Å². The molecule has 2 heterocycles. The van der Waals surface area contributed by atoms with E-state index in [0.717, 1.165) is 18.4 Å². The summed E-state index contributed by atoms with van der Waals surface area (Å²) in [5.41, 5.74) is 1.19. The van der Waals surface area contributed by atoms with E-state index in [1.165, 1.54) is 37.9 Å². The molecule has 1 aliphatic carbocycles. The summed E-state index contributed by atoms with van der Waals surface area (Å²) in [5.74, 6) is 1.17. The molecule has 3 rings (SSSR count). The molecule has 0 aromatic heterocycles. The summed E-state index contributed by atoms with van der Waals surface area (Å²) in [6.07, 6.45) is 7.00. The van der Waals surface area contributed by atoms with Gasteiger partial charge in [0.15, 0.2) is 0 Å². The quantitative estimate of drug-likeness (QED) is 0.706. The standard InChI is InChI=1S/C13H21NO/c1-10(3-4-11(2)15)14-9-12-5-7-13(14)8-6-12/h12-13H,1,3-9H2,2H3. The van der Waals surface area contributed by atoms with Gasteiger partial charge in [0, 0.05) is 24.7 Å². The first-order valence-electron chi connectivity index (χ1n) is 6.10. The largest absolute Gasteiger partial charge is 0.372 e. The van der Waals surface area contributed by atoms with Gasteiger partial charge in [0.25, 0.3) is 0 Å². The van der Waals surface area contributed by atoms with E-state index in [9.17, 15) is 4.79 Å². The number of piperidine rings is 2. The molecule has 2 saturated heterocycles. The molecule has 2 heteroatoms. The lowest BCUT2D eigenvalue weighted by atomic mass is 9.79. The molecule has 15 heavy (non-hydrogen) atoms. The number of allylic oxidation sites excluding steroid dienone is 1. The smallest absolute Gasteiger partial charge is 0.130 e. The Morgan fingerprint density at radius 1 is 1.27 bits per heavy atom. The fraction of sp³-hybridized carbons (Fsp3) is 0.769. The van der Waals surface area contributed by atoms with Crippen molar-refractivity contribution in [2.45, 2.75) is 51.5 Å². The van der Waals surface area contributed by atoms with E-state index in [1.54, 1.807) is 6.92 Å². The average molecular weight is 207 g/mol. The Hall–Kier alpha value is -0.790. The van der Waals surface area contributed by atoms with Crippen LogP contribution in [0.5, 0.6) is 0 Å². The molecule has 84 valence electrons. The fourth-order valence-corrected chi connectivity index (χ4v) is 2.92. The molecule has 0 N–H and O–H groups in total. The second-order valence-electron chi connectivity index (χ2n) is 5.10. The number of nitrogens with zero attached hydrogens (tertiary/aromatic N) is 1. The molecule has 0 aromatic rings. The van der Waals surface area contributed by atoms with E-state index in [2.05, 4.69) is 11.5 Å². The maximum Gasteiger partial charge on any atom is 0.130 e. The number of hydrogen-bond acceptors (Lipinski definition) is 2. The molecule has 2 aliphatic heterocycles. The van der Waals surface area contributed by atoms with Crippen LogP contribution in [0.3, 0.4) is 0 Å². The predicted molar refractivity (Wildman–Crippen MR) is 61.5 cm³/mol. The lowest BCUT2D eigenvalue weighted by Crippen LogP contribution is -2.47. The molecule has 3 fully saturated rings. The highest BCUT2D eigenvalue weighted by Gasteiger charge is 2.33. The van der Waals surface area contributed by atoms with Gasteiger partial charge >= 0.3 is 0 Å². The van der Waals surface area contributed by atoms with Gasteiger partial charge in [-0.1, -0.05) is 6.58 Å². The maximum atomic E-state index is 10.9. The van der Waals surface area contributed by atoms with Gasteiger partial charge in [-0.2, -0.15) is 0 Å². The molecule has 2 nitrogen and oxygen atoms in total. The molecular weight excluding hydrogens is 186 g/mol. The molecular formula is C13H21NO. The van der Waals surface area contributed by atoms with E-state index in [0.29, 0.717) is 6.42 Å². The average Bonchev–Trinajstić information content (AvgIpc) is 2.27. The lowest BCUT2D eigenvalue weighted by molar-refractivity contribution is -0.117. The minimum Gasteiger partial charge on any atom is -0.372 e. The van der Waals surface area contributed by atoms with Crippen LogP contribution in [-0.2, 0) is 4.79 Å². The Kier molecular flexibility index (Phi) is 3.13. The Bertz CT molecular complexity index is 264. The topological polar surface area (TPSA) is 20.3 Å². The predicted octanol–water partition coefficient (Wildman–Crippen LogP) is 2.74. The normalized spacial score (nSPS) is 29.3. The Morgan fingerprint density at radius 2 is 1.93 bits per heavy atom. The number of Topliss-reactive ketones (excluding diaryl/α,β-unsaturated/α-hetero) is 1. The summed E-state index contributed by atoms with van der Waals surface area (Å²) in [6, 6.07) is 0.731. The Labute approximate surface area is 92.3 Å². The van der Waals surface area contributed by atoms with Gasteiger partial charge in [-0.3, -0.25) is 0 Å². The molecule has 1 saturated carbocycles. The van der Waals surface area contributed by atoms with Crippen LogP contribution in [0.25, 0.3) is 0 Å². The first-order valence-corrected chi connectivity index (χ1v) is 6.10. The van der Waals surface area contributed by atoms with Crippen molar-refractivity contribution in [3.63, 3.8) is 0 Å². The number of hydrogen-bond donors (Lipinski definition) is 0. The van der Waals surface area contributed by atoms with E-state index >= 15 is 0 Å². The van der Waals surface area contributed by atoms with Gasteiger partial charge < -0.3 is 9.69 Å². The molecule has 0 spiro atoms. The van der Waals surface area contributed by atoms with Crippen LogP contribution >= 0.6 is 0 Å². The van der Waals surface area contributed by atoms with Crippen LogP contribution < -0.4 is 0 Å². The highest BCUT2D eigenvalue weighted by molar-refractivity contribution is 5.75. The van der Waals surface area contributed by atoms with Crippen molar-refractivity contribution in [2.75, 3.05) is 6.54 Å². The van der Waals surface area contributed by atoms with Crippen LogP contribution in [0, 0.1) is 5.92 Å². The molecule has 0 atom stereocenters. The molecule has 0 aromatic carbocycles. The summed E-state index contributed by atoms with van der Waals surface area (Å²) in [7, 11) is 0. The minimum atomic E-state index is 0.276.